The number of methoxy groups -OCH3 is 1. The third kappa shape index (κ3) is 4.99. The van der Waals surface area contributed by atoms with Gasteiger partial charge in [0.25, 0.3) is 0 Å². The van der Waals surface area contributed by atoms with Gasteiger partial charge in [-0.25, -0.2) is 0 Å². The van der Waals surface area contributed by atoms with Gasteiger partial charge in [-0.3, -0.25) is 4.79 Å². The Bertz CT molecular complexity index is 660. The lowest BCUT2D eigenvalue weighted by molar-refractivity contribution is -0.130. The maximum atomic E-state index is 12.2. The van der Waals surface area contributed by atoms with Gasteiger partial charge in [-0.1, -0.05) is 46.3 Å². The number of halogens is 1. The second-order valence-corrected chi connectivity index (χ2v) is 5.94. The fourth-order valence-corrected chi connectivity index (χ4v) is 2.56. The fourth-order valence-electron chi connectivity index (χ4n) is 2.15. The summed E-state index contributed by atoms with van der Waals surface area (Å²) >= 11 is 3.50. The molecule has 0 aliphatic carbocycles. The fraction of sp³-hybridized carbons (Fsp3) is 0.278. The van der Waals surface area contributed by atoms with Crippen molar-refractivity contribution in [3.63, 3.8) is 0 Å². The van der Waals surface area contributed by atoms with Crippen molar-refractivity contribution in [2.75, 3.05) is 20.8 Å². The molecule has 5 heteroatoms. The van der Waals surface area contributed by atoms with Crippen molar-refractivity contribution in [1.29, 1.82) is 0 Å². The Morgan fingerprint density at radius 1 is 1.09 bits per heavy atom. The average Bonchev–Trinajstić information content (AvgIpc) is 2.57. The topological polar surface area (TPSA) is 38.8 Å². The highest BCUT2D eigenvalue weighted by Gasteiger charge is 2.11. The normalized spacial score (nSPS) is 10.2. The van der Waals surface area contributed by atoms with Crippen LogP contribution in [0.5, 0.6) is 11.5 Å². The molecule has 0 bridgehead atoms. The van der Waals surface area contributed by atoms with Crippen LogP contribution in [0.1, 0.15) is 12.0 Å². The van der Waals surface area contributed by atoms with Gasteiger partial charge >= 0.3 is 0 Å². The van der Waals surface area contributed by atoms with Crippen molar-refractivity contribution in [2.45, 2.75) is 13.0 Å². The molecule has 0 fully saturated rings. The molecule has 2 aromatic carbocycles. The van der Waals surface area contributed by atoms with Gasteiger partial charge in [-0.05, 0) is 23.8 Å². The van der Waals surface area contributed by atoms with Crippen molar-refractivity contribution in [1.82, 2.24) is 4.90 Å². The molecule has 0 aliphatic heterocycles. The van der Waals surface area contributed by atoms with Crippen LogP contribution in [-0.2, 0) is 11.3 Å². The van der Waals surface area contributed by atoms with Gasteiger partial charge in [0.2, 0.25) is 5.91 Å². The standard InChI is InChI=1S/C18H20BrNO3/c1-20(13-14-7-3-4-8-15(14)19)18(21)11-12-23-17-10-6-5-9-16(17)22-2/h3-10H,11-13H2,1-2H3. The van der Waals surface area contributed by atoms with Crippen molar-refractivity contribution < 1.29 is 14.3 Å². The van der Waals surface area contributed by atoms with Gasteiger partial charge in [-0.2, -0.15) is 0 Å². The first kappa shape index (κ1) is 17.3. The number of benzene rings is 2. The second-order valence-electron chi connectivity index (χ2n) is 5.09. The summed E-state index contributed by atoms with van der Waals surface area (Å²) in [6.45, 7) is 0.883. The summed E-state index contributed by atoms with van der Waals surface area (Å²) in [5.41, 5.74) is 1.08. The third-order valence-electron chi connectivity index (χ3n) is 3.43. The van der Waals surface area contributed by atoms with Crippen molar-refractivity contribution in [3.8, 4) is 11.5 Å². The van der Waals surface area contributed by atoms with Crippen LogP contribution in [0.3, 0.4) is 0 Å². The van der Waals surface area contributed by atoms with Crippen LogP contribution in [-0.4, -0.2) is 31.6 Å². The molecule has 0 spiro atoms. The van der Waals surface area contributed by atoms with Gasteiger partial charge in [0.05, 0.1) is 20.1 Å². The van der Waals surface area contributed by atoms with Crippen molar-refractivity contribution in [3.05, 3.63) is 58.6 Å². The zero-order chi connectivity index (χ0) is 16.7. The predicted octanol–water partition coefficient (Wildman–Crippen LogP) is 3.89. The molecule has 2 aromatic rings. The first-order chi connectivity index (χ1) is 11.1. The zero-order valence-corrected chi connectivity index (χ0v) is 14.9. The molecule has 0 unspecified atom stereocenters. The Morgan fingerprint density at radius 3 is 2.43 bits per heavy atom. The lowest BCUT2D eigenvalue weighted by atomic mass is 10.2. The molecule has 0 heterocycles. The van der Waals surface area contributed by atoms with E-state index >= 15 is 0 Å². The van der Waals surface area contributed by atoms with E-state index < -0.39 is 0 Å². The van der Waals surface area contributed by atoms with Gasteiger partial charge in [0.1, 0.15) is 0 Å². The first-order valence-corrected chi connectivity index (χ1v) is 8.14. The average molecular weight is 378 g/mol. The number of amides is 1. The molecule has 23 heavy (non-hydrogen) atoms. The number of carbonyl (C=O) groups is 1. The third-order valence-corrected chi connectivity index (χ3v) is 4.21. The lowest BCUT2D eigenvalue weighted by Gasteiger charge is -2.18. The summed E-state index contributed by atoms with van der Waals surface area (Å²) in [6, 6.07) is 15.3. The van der Waals surface area contributed by atoms with Crippen LogP contribution in [0.2, 0.25) is 0 Å². The zero-order valence-electron chi connectivity index (χ0n) is 13.3. The van der Waals surface area contributed by atoms with Gasteiger partial charge in [-0.15, -0.1) is 0 Å². The lowest BCUT2D eigenvalue weighted by Crippen LogP contribution is -2.27. The highest BCUT2D eigenvalue weighted by molar-refractivity contribution is 9.10. The Kier molecular flexibility index (Phi) is 6.47. The van der Waals surface area contributed by atoms with Crippen molar-refractivity contribution in [2.24, 2.45) is 0 Å². The minimum absolute atomic E-state index is 0.0376. The Hall–Kier alpha value is -2.01. The van der Waals surface area contributed by atoms with Gasteiger partial charge in [0.15, 0.2) is 11.5 Å². The van der Waals surface area contributed by atoms with E-state index in [-0.39, 0.29) is 5.91 Å². The SMILES string of the molecule is COc1ccccc1OCCC(=O)N(C)Cc1ccccc1Br. The van der Waals surface area contributed by atoms with Crippen LogP contribution < -0.4 is 9.47 Å². The van der Waals surface area contributed by atoms with E-state index in [4.69, 9.17) is 9.47 Å². The molecule has 0 saturated heterocycles. The first-order valence-electron chi connectivity index (χ1n) is 7.35. The number of hydrogen-bond donors (Lipinski definition) is 0. The monoisotopic (exact) mass is 377 g/mol. The minimum Gasteiger partial charge on any atom is -0.493 e. The van der Waals surface area contributed by atoms with E-state index in [2.05, 4.69) is 15.9 Å². The summed E-state index contributed by atoms with van der Waals surface area (Å²) < 4.78 is 11.9. The largest absolute Gasteiger partial charge is 0.493 e. The number of rotatable bonds is 7. The molecule has 0 atom stereocenters. The van der Waals surface area contributed by atoms with Crippen LogP contribution in [0.25, 0.3) is 0 Å². The van der Waals surface area contributed by atoms with Gasteiger partial charge in [0, 0.05) is 18.1 Å². The summed E-state index contributed by atoms with van der Waals surface area (Å²) in [5, 5.41) is 0. The second kappa shape index (κ2) is 8.58. The maximum Gasteiger partial charge on any atom is 0.226 e. The van der Waals surface area contributed by atoms with E-state index in [1.807, 2.05) is 48.5 Å². The molecular weight excluding hydrogens is 358 g/mol. The number of hydrogen-bond acceptors (Lipinski definition) is 3. The molecule has 122 valence electrons. The van der Waals surface area contributed by atoms with E-state index in [0.717, 1.165) is 10.0 Å². The van der Waals surface area contributed by atoms with E-state index in [1.165, 1.54) is 0 Å². The summed E-state index contributed by atoms with van der Waals surface area (Å²) in [6.07, 6.45) is 0.318. The summed E-state index contributed by atoms with van der Waals surface area (Å²) in [7, 11) is 3.39. The van der Waals surface area contributed by atoms with E-state index in [1.54, 1.807) is 19.1 Å². The number of carbonyl (C=O) groups excluding carboxylic acids is 1. The Labute approximate surface area is 145 Å². The Balaban J connectivity index is 1.83. The predicted molar refractivity (Wildman–Crippen MR) is 93.7 cm³/mol. The molecule has 0 saturated carbocycles. The number of nitrogens with zero attached hydrogens (tertiary/aromatic N) is 1. The van der Waals surface area contributed by atoms with Crippen LogP contribution >= 0.6 is 15.9 Å². The van der Waals surface area contributed by atoms with Gasteiger partial charge < -0.3 is 14.4 Å². The molecule has 0 N–H and O–H groups in total. The molecule has 0 aromatic heterocycles. The molecule has 0 aliphatic rings. The van der Waals surface area contributed by atoms with Crippen LogP contribution in [0.4, 0.5) is 0 Å². The smallest absolute Gasteiger partial charge is 0.226 e. The quantitative estimate of drug-likeness (QED) is 0.734. The number of ether oxygens (including phenoxy) is 2. The number of para-hydroxylation sites is 2. The highest BCUT2D eigenvalue weighted by atomic mass is 79.9. The molecule has 4 nitrogen and oxygen atoms in total. The molecular formula is C18H20BrNO3. The highest BCUT2D eigenvalue weighted by Crippen LogP contribution is 2.25. The molecule has 2 rings (SSSR count). The molecule has 0 radical (unpaired) electrons. The molecule has 1 amide bonds. The minimum atomic E-state index is 0.0376. The van der Waals surface area contributed by atoms with E-state index in [9.17, 15) is 4.79 Å². The summed E-state index contributed by atoms with van der Waals surface area (Å²) in [5.74, 6) is 1.36. The summed E-state index contributed by atoms with van der Waals surface area (Å²) in [4.78, 5) is 13.9. The maximum absolute atomic E-state index is 12.2. The van der Waals surface area contributed by atoms with Crippen molar-refractivity contribution >= 4 is 21.8 Å². The Morgan fingerprint density at radius 2 is 1.74 bits per heavy atom. The van der Waals surface area contributed by atoms with E-state index in [0.29, 0.717) is 31.1 Å². The van der Waals surface area contributed by atoms with Crippen LogP contribution in [0, 0.1) is 0 Å². The van der Waals surface area contributed by atoms with Crippen LogP contribution in [0.15, 0.2) is 53.0 Å².